The molecule has 5 nitrogen and oxygen atoms in total. The van der Waals surface area contributed by atoms with Crippen LogP contribution in [0.25, 0.3) is 10.9 Å². The van der Waals surface area contributed by atoms with Crippen LogP contribution in [0.4, 0.5) is 5.82 Å². The largest absolute Gasteiger partial charge is 0.355 e. The highest BCUT2D eigenvalue weighted by atomic mass is 35.5. The molecule has 0 aliphatic heterocycles. The van der Waals surface area contributed by atoms with Crippen LogP contribution in [0.5, 0.6) is 0 Å². The van der Waals surface area contributed by atoms with Crippen molar-refractivity contribution in [2.45, 2.75) is 46.6 Å². The van der Waals surface area contributed by atoms with Crippen LogP contribution in [0.1, 0.15) is 51.5 Å². The molecule has 0 radical (unpaired) electrons. The van der Waals surface area contributed by atoms with Crippen molar-refractivity contribution in [3.63, 3.8) is 0 Å². The highest BCUT2D eigenvalue weighted by Crippen LogP contribution is 2.32. The minimum atomic E-state index is -0.0496. The number of hydrogen-bond acceptors (Lipinski definition) is 4. The van der Waals surface area contributed by atoms with Crippen molar-refractivity contribution in [3.05, 3.63) is 63.9 Å². The summed E-state index contributed by atoms with van der Waals surface area (Å²) in [6.45, 7) is 9.59. The molecule has 1 aromatic heterocycles. The Balaban J connectivity index is 1.85. The number of fused-ring (bicyclic) bond motifs is 1. The van der Waals surface area contributed by atoms with E-state index in [-0.39, 0.29) is 11.9 Å². The third-order valence-electron chi connectivity index (χ3n) is 5.23. The van der Waals surface area contributed by atoms with Gasteiger partial charge in [-0.05, 0) is 30.5 Å². The number of benzene rings is 2. The van der Waals surface area contributed by atoms with E-state index in [1.165, 1.54) is 0 Å². The van der Waals surface area contributed by atoms with Crippen molar-refractivity contribution in [2.24, 2.45) is 5.92 Å². The van der Waals surface area contributed by atoms with Gasteiger partial charge in [0.1, 0.15) is 11.6 Å². The Morgan fingerprint density at radius 1 is 1.09 bits per heavy atom. The zero-order valence-corrected chi connectivity index (χ0v) is 20.5. The molecule has 3 rings (SSSR count). The molecule has 0 saturated heterocycles. The number of rotatable bonds is 9. The summed E-state index contributed by atoms with van der Waals surface area (Å²) in [7, 11) is 0. The lowest BCUT2D eigenvalue weighted by atomic mass is 10.1. The molecule has 1 N–H and O–H groups in total. The molecule has 0 fully saturated rings. The van der Waals surface area contributed by atoms with Gasteiger partial charge in [0.2, 0.25) is 5.91 Å². The predicted molar refractivity (Wildman–Crippen MR) is 134 cm³/mol. The second-order valence-electron chi connectivity index (χ2n) is 8.39. The van der Waals surface area contributed by atoms with Crippen LogP contribution in [0.15, 0.2) is 42.5 Å². The maximum absolute atomic E-state index is 12.7. The van der Waals surface area contributed by atoms with Gasteiger partial charge < -0.3 is 10.2 Å². The van der Waals surface area contributed by atoms with Gasteiger partial charge in [-0.1, -0.05) is 74.3 Å². The summed E-state index contributed by atoms with van der Waals surface area (Å²) in [6, 6.07) is 13.5. The van der Waals surface area contributed by atoms with Gasteiger partial charge in [-0.15, -0.1) is 0 Å². The maximum Gasteiger partial charge on any atom is 0.222 e. The number of amides is 1. The lowest BCUT2D eigenvalue weighted by Gasteiger charge is -2.27. The van der Waals surface area contributed by atoms with E-state index in [4.69, 9.17) is 28.2 Å². The van der Waals surface area contributed by atoms with Crippen LogP contribution in [0.2, 0.25) is 10.0 Å². The van der Waals surface area contributed by atoms with Crippen LogP contribution in [-0.4, -0.2) is 29.0 Å². The zero-order chi connectivity index (χ0) is 23.3. The van der Waals surface area contributed by atoms with Crippen LogP contribution >= 0.6 is 23.2 Å². The Kier molecular flexibility index (Phi) is 8.32. The second kappa shape index (κ2) is 11.0. The molecule has 3 aromatic rings. The first kappa shape index (κ1) is 24.3. The van der Waals surface area contributed by atoms with Crippen molar-refractivity contribution >= 4 is 45.8 Å². The molecule has 0 aliphatic carbocycles. The lowest BCUT2D eigenvalue weighted by molar-refractivity contribution is -0.121. The number of carbonyl (C=O) groups excluding carboxylic acids is 1. The molecule has 0 saturated carbocycles. The van der Waals surface area contributed by atoms with E-state index in [2.05, 4.69) is 29.0 Å². The van der Waals surface area contributed by atoms with Gasteiger partial charge in [0.25, 0.3) is 0 Å². The molecule has 32 heavy (non-hydrogen) atoms. The Morgan fingerprint density at radius 2 is 1.81 bits per heavy atom. The van der Waals surface area contributed by atoms with Crippen LogP contribution < -0.4 is 10.2 Å². The Bertz CT molecular complexity index is 1070. The number of nitrogens with one attached hydrogen (secondary N) is 1. The maximum atomic E-state index is 12.7. The van der Waals surface area contributed by atoms with Crippen molar-refractivity contribution in [2.75, 3.05) is 18.0 Å². The number of hydrogen-bond donors (Lipinski definition) is 1. The van der Waals surface area contributed by atoms with Gasteiger partial charge in [0.15, 0.2) is 0 Å². The lowest BCUT2D eigenvalue weighted by Crippen LogP contribution is -2.35. The third-order valence-corrected chi connectivity index (χ3v) is 5.74. The van der Waals surface area contributed by atoms with Gasteiger partial charge in [-0.3, -0.25) is 4.79 Å². The normalized spacial score (nSPS) is 12.2. The fourth-order valence-corrected chi connectivity index (χ4v) is 4.22. The summed E-state index contributed by atoms with van der Waals surface area (Å²) >= 11 is 12.8. The van der Waals surface area contributed by atoms with Gasteiger partial charge >= 0.3 is 0 Å². The first-order chi connectivity index (χ1) is 15.3. The van der Waals surface area contributed by atoms with E-state index < -0.39 is 0 Å². The highest BCUT2D eigenvalue weighted by Gasteiger charge is 2.19. The Morgan fingerprint density at radius 3 is 2.47 bits per heavy atom. The van der Waals surface area contributed by atoms with Crippen LogP contribution in [-0.2, 0) is 11.2 Å². The van der Waals surface area contributed by atoms with Crippen molar-refractivity contribution in [1.82, 2.24) is 15.3 Å². The quantitative estimate of drug-likeness (QED) is 0.400. The molecule has 0 spiro atoms. The number of carbonyl (C=O) groups is 1. The van der Waals surface area contributed by atoms with Crippen molar-refractivity contribution in [1.29, 1.82) is 0 Å². The molecule has 1 atom stereocenters. The van der Waals surface area contributed by atoms with E-state index in [0.29, 0.717) is 46.7 Å². The molecule has 7 heteroatoms. The van der Waals surface area contributed by atoms with E-state index in [1.807, 2.05) is 50.2 Å². The second-order valence-corrected chi connectivity index (χ2v) is 9.23. The summed E-state index contributed by atoms with van der Waals surface area (Å²) in [5, 5.41) is 4.94. The molecule has 1 amide bonds. The number of aromatic nitrogens is 2. The smallest absolute Gasteiger partial charge is 0.222 e. The summed E-state index contributed by atoms with van der Waals surface area (Å²) in [5.41, 5.74) is 1.77. The standard InChI is InChI=1S/C25H30Cl2N4O/c1-5-22-29-24-20(13-19(26)14-21(24)27)25(30-22)31(15-16(2)3)12-11-23(32)28-17(4)18-9-7-6-8-10-18/h6-10,13-14,16-17H,5,11-12,15H2,1-4H3,(H,28,32). The molecule has 0 aliphatic rings. The molecular formula is C25H30Cl2N4O. The van der Waals surface area contributed by atoms with E-state index in [9.17, 15) is 4.79 Å². The Labute approximate surface area is 200 Å². The van der Waals surface area contributed by atoms with Crippen molar-refractivity contribution in [3.8, 4) is 0 Å². The van der Waals surface area contributed by atoms with Gasteiger partial charge in [0, 0.05) is 36.3 Å². The van der Waals surface area contributed by atoms with Crippen LogP contribution in [0, 0.1) is 5.92 Å². The summed E-state index contributed by atoms with van der Waals surface area (Å²) in [4.78, 5) is 24.3. The van der Waals surface area contributed by atoms with E-state index >= 15 is 0 Å². The van der Waals surface area contributed by atoms with Gasteiger partial charge in [-0.2, -0.15) is 0 Å². The average molecular weight is 473 g/mol. The number of aryl methyl sites for hydroxylation is 1. The van der Waals surface area contributed by atoms with E-state index in [0.717, 1.165) is 23.3 Å². The first-order valence-electron chi connectivity index (χ1n) is 11.0. The molecule has 2 aromatic carbocycles. The fraction of sp³-hybridized carbons (Fsp3) is 0.400. The molecule has 170 valence electrons. The monoisotopic (exact) mass is 472 g/mol. The fourth-order valence-electron chi connectivity index (χ4n) is 3.69. The molecule has 1 unspecified atom stereocenters. The van der Waals surface area contributed by atoms with Gasteiger partial charge in [-0.25, -0.2) is 9.97 Å². The molecule has 0 bridgehead atoms. The summed E-state index contributed by atoms with van der Waals surface area (Å²) in [5.74, 6) is 1.87. The summed E-state index contributed by atoms with van der Waals surface area (Å²) in [6.07, 6.45) is 1.04. The average Bonchev–Trinajstić information content (AvgIpc) is 2.76. The SMILES string of the molecule is CCc1nc(N(CCC(=O)NC(C)c2ccccc2)CC(C)C)c2cc(Cl)cc(Cl)c2n1. The molecular weight excluding hydrogens is 443 g/mol. The Hall–Kier alpha value is -2.37. The minimum absolute atomic E-state index is 0.000232. The third kappa shape index (κ3) is 6.11. The highest BCUT2D eigenvalue weighted by molar-refractivity contribution is 6.38. The number of anilines is 1. The molecule has 1 heterocycles. The van der Waals surface area contributed by atoms with Crippen LogP contribution in [0.3, 0.4) is 0 Å². The predicted octanol–water partition coefficient (Wildman–Crippen LogP) is 6.23. The number of halogens is 2. The summed E-state index contributed by atoms with van der Waals surface area (Å²) < 4.78 is 0. The minimum Gasteiger partial charge on any atom is -0.355 e. The van der Waals surface area contributed by atoms with Crippen molar-refractivity contribution < 1.29 is 4.79 Å². The number of nitrogens with zero attached hydrogens (tertiary/aromatic N) is 3. The van der Waals surface area contributed by atoms with Gasteiger partial charge in [0.05, 0.1) is 16.6 Å². The van der Waals surface area contributed by atoms with E-state index in [1.54, 1.807) is 6.07 Å². The topological polar surface area (TPSA) is 58.1 Å². The zero-order valence-electron chi connectivity index (χ0n) is 19.0. The first-order valence-corrected chi connectivity index (χ1v) is 11.8.